The molecule has 4 nitrogen and oxygen atoms in total. The molecule has 1 aliphatic heterocycles. The first-order valence-electron chi connectivity index (χ1n) is 6.86. The Morgan fingerprint density at radius 2 is 2.16 bits per heavy atom. The van der Waals surface area contributed by atoms with Gasteiger partial charge in [0.2, 0.25) is 0 Å². The minimum Gasteiger partial charge on any atom is -0.497 e. The molecule has 0 radical (unpaired) electrons. The van der Waals surface area contributed by atoms with Crippen molar-refractivity contribution < 1.29 is 9.47 Å². The van der Waals surface area contributed by atoms with Crippen LogP contribution in [-0.4, -0.2) is 33.4 Å². The average Bonchev–Trinajstić information content (AvgIpc) is 2.85. The van der Waals surface area contributed by atoms with Gasteiger partial charge in [-0.1, -0.05) is 0 Å². The van der Waals surface area contributed by atoms with E-state index in [1.54, 1.807) is 14.2 Å². The molecule has 0 aromatic heterocycles. The summed E-state index contributed by atoms with van der Waals surface area (Å²) < 4.78 is 10.7. The minimum absolute atomic E-state index is 0.280. The van der Waals surface area contributed by atoms with Gasteiger partial charge in [-0.2, -0.15) is 0 Å². The molecule has 2 unspecified atom stereocenters. The van der Waals surface area contributed by atoms with Crippen molar-refractivity contribution in [2.45, 2.75) is 25.8 Å². The lowest BCUT2D eigenvalue weighted by Crippen LogP contribution is -2.24. The van der Waals surface area contributed by atoms with Crippen LogP contribution in [0.25, 0.3) is 0 Å². The van der Waals surface area contributed by atoms with Crippen LogP contribution in [0.2, 0.25) is 0 Å². The SMILES string of the molecule is COc1ccc(N2CCC(CC(C)N)C2)c(OC)c1. The molecule has 0 amide bonds. The maximum atomic E-state index is 5.89. The standard InChI is InChI=1S/C15H24N2O2/c1-11(16)8-12-6-7-17(10-12)14-5-4-13(18-2)9-15(14)19-3/h4-5,9,11-12H,6-8,10,16H2,1-3H3. The van der Waals surface area contributed by atoms with Crippen LogP contribution in [0, 0.1) is 5.92 Å². The highest BCUT2D eigenvalue weighted by Gasteiger charge is 2.25. The van der Waals surface area contributed by atoms with E-state index in [1.807, 2.05) is 12.1 Å². The second-order valence-electron chi connectivity index (χ2n) is 5.35. The molecule has 106 valence electrons. The van der Waals surface area contributed by atoms with E-state index in [4.69, 9.17) is 15.2 Å². The van der Waals surface area contributed by atoms with Crippen LogP contribution in [0.15, 0.2) is 18.2 Å². The number of nitrogens with two attached hydrogens (primary N) is 1. The van der Waals surface area contributed by atoms with Gasteiger partial charge in [-0.05, 0) is 37.8 Å². The van der Waals surface area contributed by atoms with Gasteiger partial charge in [-0.15, -0.1) is 0 Å². The summed E-state index contributed by atoms with van der Waals surface area (Å²) in [5, 5.41) is 0. The van der Waals surface area contributed by atoms with Gasteiger partial charge in [0.15, 0.2) is 0 Å². The lowest BCUT2D eigenvalue weighted by atomic mass is 10.0. The van der Waals surface area contributed by atoms with Crippen molar-refractivity contribution in [2.24, 2.45) is 11.7 Å². The summed E-state index contributed by atoms with van der Waals surface area (Å²) in [6.45, 7) is 4.21. The molecule has 0 bridgehead atoms. The first-order chi connectivity index (χ1) is 9.13. The Labute approximate surface area is 115 Å². The molecule has 2 rings (SSSR count). The smallest absolute Gasteiger partial charge is 0.145 e. The first-order valence-corrected chi connectivity index (χ1v) is 6.86. The lowest BCUT2D eigenvalue weighted by molar-refractivity contribution is 0.394. The zero-order chi connectivity index (χ0) is 13.8. The van der Waals surface area contributed by atoms with Crippen molar-refractivity contribution in [3.8, 4) is 11.5 Å². The molecular weight excluding hydrogens is 240 g/mol. The Morgan fingerprint density at radius 3 is 2.79 bits per heavy atom. The third-order valence-electron chi connectivity index (χ3n) is 3.72. The number of hydrogen-bond acceptors (Lipinski definition) is 4. The molecule has 0 spiro atoms. The van der Waals surface area contributed by atoms with E-state index >= 15 is 0 Å². The van der Waals surface area contributed by atoms with Crippen molar-refractivity contribution in [1.82, 2.24) is 0 Å². The topological polar surface area (TPSA) is 47.7 Å². The van der Waals surface area contributed by atoms with Crippen molar-refractivity contribution >= 4 is 5.69 Å². The van der Waals surface area contributed by atoms with Crippen LogP contribution >= 0.6 is 0 Å². The Hall–Kier alpha value is -1.42. The van der Waals surface area contributed by atoms with E-state index in [9.17, 15) is 0 Å². The number of nitrogens with zero attached hydrogens (tertiary/aromatic N) is 1. The van der Waals surface area contributed by atoms with E-state index in [2.05, 4.69) is 17.9 Å². The second kappa shape index (κ2) is 6.15. The fraction of sp³-hybridized carbons (Fsp3) is 0.600. The third-order valence-corrected chi connectivity index (χ3v) is 3.72. The zero-order valence-electron chi connectivity index (χ0n) is 12.1. The Morgan fingerprint density at radius 1 is 1.37 bits per heavy atom. The predicted octanol–water partition coefficient (Wildman–Crippen LogP) is 2.27. The quantitative estimate of drug-likeness (QED) is 0.886. The summed E-state index contributed by atoms with van der Waals surface area (Å²) in [5.74, 6) is 2.39. The van der Waals surface area contributed by atoms with Crippen LogP contribution in [0.5, 0.6) is 11.5 Å². The molecule has 0 aliphatic carbocycles. The number of benzene rings is 1. The van der Waals surface area contributed by atoms with Crippen LogP contribution in [-0.2, 0) is 0 Å². The number of anilines is 1. The normalized spacial score (nSPS) is 20.4. The molecule has 4 heteroatoms. The van der Waals surface area contributed by atoms with Crippen molar-refractivity contribution in [2.75, 3.05) is 32.2 Å². The van der Waals surface area contributed by atoms with Crippen molar-refractivity contribution in [3.63, 3.8) is 0 Å². The third kappa shape index (κ3) is 3.32. The molecule has 1 aliphatic rings. The zero-order valence-corrected chi connectivity index (χ0v) is 12.1. The van der Waals surface area contributed by atoms with E-state index in [-0.39, 0.29) is 6.04 Å². The molecule has 19 heavy (non-hydrogen) atoms. The number of hydrogen-bond donors (Lipinski definition) is 1. The highest BCUT2D eigenvalue weighted by Crippen LogP contribution is 2.35. The van der Waals surface area contributed by atoms with Crippen LogP contribution in [0.3, 0.4) is 0 Å². The summed E-state index contributed by atoms with van der Waals surface area (Å²) in [5.41, 5.74) is 7.04. The molecule has 0 saturated carbocycles. The molecule has 1 fully saturated rings. The largest absolute Gasteiger partial charge is 0.497 e. The Bertz CT molecular complexity index is 421. The Balaban J connectivity index is 2.10. The maximum Gasteiger partial charge on any atom is 0.145 e. The maximum absolute atomic E-state index is 5.89. The molecule has 1 heterocycles. The molecule has 1 aromatic carbocycles. The van der Waals surface area contributed by atoms with Gasteiger partial charge in [0.1, 0.15) is 11.5 Å². The molecule has 1 saturated heterocycles. The second-order valence-corrected chi connectivity index (χ2v) is 5.35. The van der Waals surface area contributed by atoms with Crippen LogP contribution in [0.1, 0.15) is 19.8 Å². The van der Waals surface area contributed by atoms with Gasteiger partial charge in [-0.25, -0.2) is 0 Å². The van der Waals surface area contributed by atoms with Gasteiger partial charge in [0.25, 0.3) is 0 Å². The average molecular weight is 264 g/mol. The highest BCUT2D eigenvalue weighted by molar-refractivity contribution is 5.61. The highest BCUT2D eigenvalue weighted by atomic mass is 16.5. The van der Waals surface area contributed by atoms with E-state index in [0.717, 1.165) is 36.7 Å². The minimum atomic E-state index is 0.280. The Kier molecular flexibility index (Phi) is 4.53. The summed E-state index contributed by atoms with van der Waals surface area (Å²) >= 11 is 0. The first kappa shape index (κ1) is 14.0. The van der Waals surface area contributed by atoms with Gasteiger partial charge in [0.05, 0.1) is 19.9 Å². The fourth-order valence-electron chi connectivity index (χ4n) is 2.82. The van der Waals surface area contributed by atoms with E-state index < -0.39 is 0 Å². The van der Waals surface area contributed by atoms with Gasteiger partial charge >= 0.3 is 0 Å². The predicted molar refractivity (Wildman–Crippen MR) is 78.1 cm³/mol. The van der Waals surface area contributed by atoms with E-state index in [1.165, 1.54) is 6.42 Å². The van der Waals surface area contributed by atoms with Crippen molar-refractivity contribution in [3.05, 3.63) is 18.2 Å². The monoisotopic (exact) mass is 264 g/mol. The number of rotatable bonds is 5. The van der Waals surface area contributed by atoms with Crippen molar-refractivity contribution in [1.29, 1.82) is 0 Å². The molecule has 2 N–H and O–H groups in total. The fourth-order valence-corrected chi connectivity index (χ4v) is 2.82. The van der Waals surface area contributed by atoms with E-state index in [0.29, 0.717) is 5.92 Å². The number of ether oxygens (including phenoxy) is 2. The summed E-state index contributed by atoms with van der Waals surface area (Å²) in [4.78, 5) is 2.38. The molecule has 1 aromatic rings. The molecule has 2 atom stereocenters. The van der Waals surface area contributed by atoms with Gasteiger partial charge in [0, 0.05) is 25.2 Å². The number of methoxy groups -OCH3 is 2. The van der Waals surface area contributed by atoms with Gasteiger partial charge < -0.3 is 20.1 Å². The lowest BCUT2D eigenvalue weighted by Gasteiger charge is -2.22. The molecular formula is C15H24N2O2. The van der Waals surface area contributed by atoms with Crippen LogP contribution in [0.4, 0.5) is 5.69 Å². The summed E-state index contributed by atoms with van der Waals surface area (Å²) in [7, 11) is 3.37. The summed E-state index contributed by atoms with van der Waals surface area (Å²) in [6.07, 6.45) is 2.30. The van der Waals surface area contributed by atoms with Gasteiger partial charge in [-0.3, -0.25) is 0 Å². The van der Waals surface area contributed by atoms with Crippen LogP contribution < -0.4 is 20.1 Å². The summed E-state index contributed by atoms with van der Waals surface area (Å²) in [6, 6.07) is 6.28.